The highest BCUT2D eigenvalue weighted by Crippen LogP contribution is 2.20. The van der Waals surface area contributed by atoms with Crippen molar-refractivity contribution in [2.24, 2.45) is 5.92 Å². The highest BCUT2D eigenvalue weighted by atomic mass is 16.2. The topological polar surface area (TPSA) is 41.4 Å². The van der Waals surface area contributed by atoms with E-state index in [1.165, 1.54) is 10.9 Å². The molecule has 0 spiro atoms. The third kappa shape index (κ3) is 3.46. The molecule has 5 nitrogen and oxygen atoms in total. The summed E-state index contributed by atoms with van der Waals surface area (Å²) in [6, 6.07) is 4.19. The maximum atomic E-state index is 12.1. The van der Waals surface area contributed by atoms with Gasteiger partial charge in [0.1, 0.15) is 5.65 Å². The molecule has 0 bridgehead atoms. The predicted octanol–water partition coefficient (Wildman–Crippen LogP) is 2.40. The van der Waals surface area contributed by atoms with Crippen LogP contribution in [-0.4, -0.2) is 58.0 Å². The molecular formula is C19H28N4O. The number of aryl methyl sites for hydroxylation is 1. The number of hydrogen-bond acceptors (Lipinski definition) is 3. The number of fused-ring (bicyclic) bond motifs is 1. The molecule has 0 radical (unpaired) electrons. The van der Waals surface area contributed by atoms with E-state index >= 15 is 0 Å². The fourth-order valence-electron chi connectivity index (χ4n) is 3.47. The van der Waals surface area contributed by atoms with Crippen molar-refractivity contribution >= 4 is 16.9 Å². The molecule has 0 N–H and O–H groups in total. The van der Waals surface area contributed by atoms with Gasteiger partial charge in [0.25, 0.3) is 0 Å². The molecule has 0 atom stereocenters. The Morgan fingerprint density at radius 2 is 2.00 bits per heavy atom. The molecule has 3 rings (SSSR count). The highest BCUT2D eigenvalue weighted by Gasteiger charge is 2.22. The average molecular weight is 328 g/mol. The van der Waals surface area contributed by atoms with Gasteiger partial charge < -0.3 is 9.47 Å². The number of carbonyl (C=O) groups excluding carboxylic acids is 1. The monoisotopic (exact) mass is 328 g/mol. The Bertz CT molecular complexity index is 698. The molecule has 24 heavy (non-hydrogen) atoms. The zero-order chi connectivity index (χ0) is 17.1. The van der Waals surface area contributed by atoms with Crippen LogP contribution in [-0.2, 0) is 17.8 Å². The lowest BCUT2D eigenvalue weighted by Crippen LogP contribution is -2.50. The van der Waals surface area contributed by atoms with Crippen LogP contribution in [0.4, 0.5) is 0 Å². The SMILES string of the molecule is CCn1cc(CCN2CCN(C(=O)C(C)C)CC2)c2cccnc21. The number of carbonyl (C=O) groups is 1. The Morgan fingerprint density at radius 1 is 1.25 bits per heavy atom. The van der Waals surface area contributed by atoms with Gasteiger partial charge in [0.05, 0.1) is 0 Å². The number of hydrogen-bond donors (Lipinski definition) is 0. The molecule has 2 aromatic rings. The molecule has 0 aliphatic carbocycles. The van der Waals surface area contributed by atoms with Crippen molar-refractivity contribution in [3.63, 3.8) is 0 Å². The van der Waals surface area contributed by atoms with Crippen LogP contribution in [0, 0.1) is 5.92 Å². The van der Waals surface area contributed by atoms with E-state index in [4.69, 9.17) is 0 Å². The first-order valence-electron chi connectivity index (χ1n) is 9.04. The van der Waals surface area contributed by atoms with Gasteiger partial charge in [0.15, 0.2) is 0 Å². The zero-order valence-corrected chi connectivity index (χ0v) is 15.0. The van der Waals surface area contributed by atoms with Crippen molar-refractivity contribution in [3.8, 4) is 0 Å². The van der Waals surface area contributed by atoms with Crippen molar-refractivity contribution < 1.29 is 4.79 Å². The summed E-state index contributed by atoms with van der Waals surface area (Å²) < 4.78 is 2.23. The van der Waals surface area contributed by atoms with E-state index in [-0.39, 0.29) is 11.8 Å². The fourth-order valence-corrected chi connectivity index (χ4v) is 3.47. The largest absolute Gasteiger partial charge is 0.340 e. The molecule has 1 aliphatic heterocycles. The Kier molecular flexibility index (Phi) is 5.19. The van der Waals surface area contributed by atoms with E-state index in [0.717, 1.165) is 51.3 Å². The molecule has 130 valence electrons. The van der Waals surface area contributed by atoms with Crippen molar-refractivity contribution in [1.29, 1.82) is 0 Å². The number of piperazine rings is 1. The number of pyridine rings is 1. The molecule has 2 aromatic heterocycles. The summed E-state index contributed by atoms with van der Waals surface area (Å²) in [5.41, 5.74) is 2.46. The first kappa shape index (κ1) is 17.0. The van der Waals surface area contributed by atoms with Crippen LogP contribution in [0.2, 0.25) is 0 Å². The normalized spacial score (nSPS) is 16.2. The smallest absolute Gasteiger partial charge is 0.225 e. The minimum atomic E-state index is 0.101. The van der Waals surface area contributed by atoms with Crippen LogP contribution in [0.15, 0.2) is 24.5 Å². The molecule has 1 amide bonds. The summed E-state index contributed by atoms with van der Waals surface area (Å²) in [6.07, 6.45) is 5.15. The molecule has 0 unspecified atom stereocenters. The second kappa shape index (κ2) is 7.34. The van der Waals surface area contributed by atoms with Gasteiger partial charge in [-0.2, -0.15) is 0 Å². The third-order valence-corrected chi connectivity index (χ3v) is 4.93. The van der Waals surface area contributed by atoms with Gasteiger partial charge in [0, 0.05) is 63.0 Å². The van der Waals surface area contributed by atoms with Crippen molar-refractivity contribution in [2.45, 2.75) is 33.7 Å². The third-order valence-electron chi connectivity index (χ3n) is 4.93. The summed E-state index contributed by atoms with van der Waals surface area (Å²) in [5.74, 6) is 0.385. The lowest BCUT2D eigenvalue weighted by atomic mass is 10.1. The molecule has 5 heteroatoms. The Balaban J connectivity index is 1.59. The van der Waals surface area contributed by atoms with Gasteiger partial charge in [-0.15, -0.1) is 0 Å². The van der Waals surface area contributed by atoms with Gasteiger partial charge in [0.2, 0.25) is 5.91 Å². The Hall–Kier alpha value is -1.88. The summed E-state index contributed by atoms with van der Waals surface area (Å²) in [4.78, 5) is 21.1. The molecule has 0 aromatic carbocycles. The van der Waals surface area contributed by atoms with E-state index < -0.39 is 0 Å². The zero-order valence-electron chi connectivity index (χ0n) is 15.0. The Morgan fingerprint density at radius 3 is 2.67 bits per heavy atom. The average Bonchev–Trinajstić information content (AvgIpc) is 2.98. The maximum Gasteiger partial charge on any atom is 0.225 e. The summed E-state index contributed by atoms with van der Waals surface area (Å²) in [5, 5.41) is 1.27. The highest BCUT2D eigenvalue weighted by molar-refractivity contribution is 5.80. The van der Waals surface area contributed by atoms with Crippen LogP contribution >= 0.6 is 0 Å². The molecule has 1 aliphatic rings. The number of amides is 1. The van der Waals surface area contributed by atoms with Gasteiger partial charge in [-0.3, -0.25) is 9.69 Å². The van der Waals surface area contributed by atoms with Crippen LogP contribution < -0.4 is 0 Å². The van der Waals surface area contributed by atoms with Gasteiger partial charge in [-0.1, -0.05) is 13.8 Å². The summed E-state index contributed by atoms with van der Waals surface area (Å²) in [7, 11) is 0. The van der Waals surface area contributed by atoms with Crippen LogP contribution in [0.3, 0.4) is 0 Å². The van der Waals surface area contributed by atoms with Crippen LogP contribution in [0.5, 0.6) is 0 Å². The van der Waals surface area contributed by atoms with Crippen LogP contribution in [0.1, 0.15) is 26.3 Å². The minimum absolute atomic E-state index is 0.101. The number of rotatable bonds is 5. The van der Waals surface area contributed by atoms with Crippen LogP contribution in [0.25, 0.3) is 11.0 Å². The summed E-state index contributed by atoms with van der Waals surface area (Å²) in [6.45, 7) is 11.8. The second-order valence-electron chi connectivity index (χ2n) is 6.89. The summed E-state index contributed by atoms with van der Waals surface area (Å²) >= 11 is 0. The first-order valence-corrected chi connectivity index (χ1v) is 9.04. The number of aromatic nitrogens is 2. The minimum Gasteiger partial charge on any atom is -0.340 e. The molecule has 1 saturated heterocycles. The standard InChI is InChI=1S/C19H28N4O/c1-4-22-14-16(17-6-5-8-20-18(17)22)7-9-21-10-12-23(13-11-21)19(24)15(2)3/h5-6,8,14-15H,4,7,9-13H2,1-3H3. The van der Waals surface area contributed by atoms with E-state index in [2.05, 4.69) is 33.6 Å². The molecule has 1 fully saturated rings. The van der Waals surface area contributed by atoms with Gasteiger partial charge in [-0.25, -0.2) is 4.98 Å². The number of nitrogens with zero attached hydrogens (tertiary/aromatic N) is 4. The molecule has 0 saturated carbocycles. The fraction of sp³-hybridized carbons (Fsp3) is 0.579. The van der Waals surface area contributed by atoms with Crippen molar-refractivity contribution in [3.05, 3.63) is 30.1 Å². The quantitative estimate of drug-likeness (QED) is 0.846. The second-order valence-corrected chi connectivity index (χ2v) is 6.89. The molecular weight excluding hydrogens is 300 g/mol. The molecule has 3 heterocycles. The predicted molar refractivity (Wildman–Crippen MR) is 97.0 cm³/mol. The van der Waals surface area contributed by atoms with E-state index in [1.807, 2.05) is 31.0 Å². The lowest BCUT2D eigenvalue weighted by molar-refractivity contribution is -0.136. The van der Waals surface area contributed by atoms with Crippen molar-refractivity contribution in [2.75, 3.05) is 32.7 Å². The van der Waals surface area contributed by atoms with Gasteiger partial charge in [-0.05, 0) is 31.0 Å². The lowest BCUT2D eigenvalue weighted by Gasteiger charge is -2.35. The Labute approximate surface area is 144 Å². The van der Waals surface area contributed by atoms with E-state index in [1.54, 1.807) is 0 Å². The van der Waals surface area contributed by atoms with E-state index in [0.29, 0.717) is 0 Å². The van der Waals surface area contributed by atoms with Crippen molar-refractivity contribution in [1.82, 2.24) is 19.4 Å². The maximum absolute atomic E-state index is 12.1. The van der Waals surface area contributed by atoms with Gasteiger partial charge >= 0.3 is 0 Å². The van der Waals surface area contributed by atoms with E-state index in [9.17, 15) is 4.79 Å². The first-order chi connectivity index (χ1) is 11.6.